The minimum Gasteiger partial charge on any atom is -0.379 e. The number of amides is 1. The quantitative estimate of drug-likeness (QED) is 0.343. The highest BCUT2D eigenvalue weighted by Gasteiger charge is 2.32. The van der Waals surface area contributed by atoms with Crippen molar-refractivity contribution in [2.24, 2.45) is 0 Å². The first-order valence-corrected chi connectivity index (χ1v) is 12.3. The topological polar surface area (TPSA) is 101 Å². The summed E-state index contributed by atoms with van der Waals surface area (Å²) in [5.41, 5.74) is 2.43. The maximum absolute atomic E-state index is 14.7. The Morgan fingerprint density at radius 1 is 1.32 bits per heavy atom. The van der Waals surface area contributed by atoms with Gasteiger partial charge >= 0.3 is 6.18 Å². The van der Waals surface area contributed by atoms with Gasteiger partial charge in [-0.05, 0) is 31.7 Å². The maximum Gasteiger partial charge on any atom is 0.406 e. The van der Waals surface area contributed by atoms with Gasteiger partial charge in [0.2, 0.25) is 11.7 Å². The number of carbonyl (C=O) groups is 1. The Morgan fingerprint density at radius 3 is 2.89 bits per heavy atom. The molecule has 0 unspecified atom stereocenters. The molecule has 1 aliphatic rings. The predicted octanol–water partition coefficient (Wildman–Crippen LogP) is 4.09. The fourth-order valence-corrected chi connectivity index (χ4v) is 4.90. The van der Waals surface area contributed by atoms with Crippen molar-refractivity contribution in [3.8, 4) is 11.5 Å². The van der Waals surface area contributed by atoms with E-state index >= 15 is 0 Å². The van der Waals surface area contributed by atoms with E-state index < -0.39 is 24.9 Å². The lowest BCUT2D eigenvalue weighted by Gasteiger charge is -2.33. The highest BCUT2D eigenvalue weighted by Crippen LogP contribution is 2.35. The van der Waals surface area contributed by atoms with Crippen LogP contribution < -0.4 is 10.6 Å². The van der Waals surface area contributed by atoms with E-state index in [0.29, 0.717) is 34.4 Å². The Morgan fingerprint density at radius 2 is 2.16 bits per heavy atom. The van der Waals surface area contributed by atoms with Crippen LogP contribution in [0.3, 0.4) is 0 Å². The van der Waals surface area contributed by atoms with Gasteiger partial charge in [0.25, 0.3) is 5.91 Å². The van der Waals surface area contributed by atoms with Gasteiger partial charge in [-0.2, -0.15) is 18.2 Å². The zero-order valence-electron chi connectivity index (χ0n) is 19.6. The van der Waals surface area contributed by atoms with Crippen LogP contribution in [0.15, 0.2) is 40.5 Å². The first kappa shape index (κ1) is 25.1. The van der Waals surface area contributed by atoms with E-state index in [4.69, 9.17) is 4.52 Å². The fraction of sp³-hybridized carbons (Fsp3) is 0.391. The molecule has 2 atom stereocenters. The molecule has 0 radical (unpaired) electrons. The predicted molar refractivity (Wildman–Crippen MR) is 129 cm³/mol. The monoisotopic (exact) mass is 537 g/mol. The number of alkyl halides is 4. The number of thiazole rings is 1. The highest BCUT2D eigenvalue weighted by molar-refractivity contribution is 7.11. The number of nitrogens with one attached hydrogen (secondary N) is 2. The number of anilines is 1. The molecule has 14 heteroatoms. The molecule has 0 saturated carbocycles. The Bertz CT molecular complexity index is 1390. The van der Waals surface area contributed by atoms with Crippen LogP contribution in [-0.4, -0.2) is 69.0 Å². The number of rotatable bonds is 7. The lowest BCUT2D eigenvalue weighted by molar-refractivity contribution is -0.139. The molecule has 2 N–H and O–H groups in total. The lowest BCUT2D eigenvalue weighted by atomic mass is 10.0. The van der Waals surface area contributed by atoms with Gasteiger partial charge in [0, 0.05) is 24.2 Å². The van der Waals surface area contributed by atoms with Crippen LogP contribution in [0.5, 0.6) is 0 Å². The number of piperidine rings is 1. The van der Waals surface area contributed by atoms with Gasteiger partial charge in [-0.1, -0.05) is 11.2 Å². The molecule has 4 aromatic rings. The third-order valence-corrected chi connectivity index (χ3v) is 6.89. The molecule has 0 bridgehead atoms. The van der Waals surface area contributed by atoms with Gasteiger partial charge in [-0.3, -0.25) is 9.78 Å². The van der Waals surface area contributed by atoms with Crippen LogP contribution in [0.25, 0.3) is 22.4 Å². The number of hydrogen-bond donors (Lipinski definition) is 2. The van der Waals surface area contributed by atoms with Crippen molar-refractivity contribution < 1.29 is 26.9 Å². The van der Waals surface area contributed by atoms with E-state index in [-0.39, 0.29) is 36.4 Å². The summed E-state index contributed by atoms with van der Waals surface area (Å²) in [5.74, 6) is -0.415. The third-order valence-electron chi connectivity index (χ3n) is 6.12. The normalized spacial score (nSPS) is 18.8. The number of benzene rings is 1. The molecule has 196 valence electrons. The second-order valence-corrected chi connectivity index (χ2v) is 9.73. The summed E-state index contributed by atoms with van der Waals surface area (Å²) in [5, 5.41) is 10.1. The minimum atomic E-state index is -4.52. The molecule has 1 aliphatic heterocycles. The van der Waals surface area contributed by atoms with Crippen LogP contribution in [0, 0.1) is 0 Å². The molecular formula is C23H23F4N7O2S. The van der Waals surface area contributed by atoms with E-state index in [2.05, 4.69) is 25.8 Å². The molecule has 9 nitrogen and oxygen atoms in total. The smallest absolute Gasteiger partial charge is 0.379 e. The molecular weight excluding hydrogens is 514 g/mol. The molecule has 0 spiro atoms. The van der Waals surface area contributed by atoms with Gasteiger partial charge in [0.05, 0.1) is 35.5 Å². The average Bonchev–Trinajstić information content (AvgIpc) is 3.59. The van der Waals surface area contributed by atoms with Gasteiger partial charge < -0.3 is 24.6 Å². The standard InChI is InChI=1S/C23H23F4N7O2S/c1-33-6-5-16(14(24)10-33)30-15-3-2-4-17-13(15)7-18(34(17)11-23(25,26)27)21-31-20(36-32-21)9-29-22(35)19-8-28-12-37-19/h2-4,7-8,12,14,16,30H,5-6,9-11H2,1H3,(H,29,35)/t14-,16+/m0/s1. The van der Waals surface area contributed by atoms with Crippen LogP contribution in [0.1, 0.15) is 22.0 Å². The molecule has 3 aromatic heterocycles. The molecule has 5 rings (SSSR count). The molecule has 1 aromatic carbocycles. The van der Waals surface area contributed by atoms with Gasteiger partial charge in [0.15, 0.2) is 0 Å². The van der Waals surface area contributed by atoms with Crippen molar-refractivity contribution in [2.75, 3.05) is 25.5 Å². The Kier molecular flexibility index (Phi) is 6.86. The number of fused-ring (bicyclic) bond motifs is 1. The zero-order valence-corrected chi connectivity index (χ0v) is 20.4. The van der Waals surface area contributed by atoms with Crippen LogP contribution >= 0.6 is 11.3 Å². The van der Waals surface area contributed by atoms with E-state index in [1.807, 2.05) is 11.9 Å². The minimum absolute atomic E-state index is 0.0293. The Hall–Kier alpha value is -3.52. The largest absolute Gasteiger partial charge is 0.406 e. The van der Waals surface area contributed by atoms with Crippen molar-refractivity contribution in [2.45, 2.75) is 37.9 Å². The summed E-state index contributed by atoms with van der Waals surface area (Å²) >= 11 is 1.16. The molecule has 1 fully saturated rings. The summed E-state index contributed by atoms with van der Waals surface area (Å²) in [6.07, 6.45) is -3.66. The summed E-state index contributed by atoms with van der Waals surface area (Å²) < 4.78 is 61.5. The molecule has 1 saturated heterocycles. The third kappa shape index (κ3) is 5.59. The van der Waals surface area contributed by atoms with Gasteiger partial charge in [-0.25, -0.2) is 4.39 Å². The van der Waals surface area contributed by atoms with E-state index in [9.17, 15) is 22.4 Å². The summed E-state index contributed by atoms with van der Waals surface area (Å²) in [6, 6.07) is 5.98. The van der Waals surface area contributed by atoms with Crippen LogP contribution in [-0.2, 0) is 13.1 Å². The number of nitrogens with zero attached hydrogens (tertiary/aromatic N) is 5. The van der Waals surface area contributed by atoms with E-state index in [0.717, 1.165) is 15.9 Å². The molecule has 0 aliphatic carbocycles. The first-order chi connectivity index (χ1) is 17.7. The van der Waals surface area contributed by atoms with E-state index in [1.165, 1.54) is 17.8 Å². The average molecular weight is 538 g/mol. The maximum atomic E-state index is 14.7. The molecule has 4 heterocycles. The van der Waals surface area contributed by atoms with Gasteiger partial charge in [0.1, 0.15) is 17.6 Å². The van der Waals surface area contributed by atoms with Crippen molar-refractivity contribution in [3.05, 3.63) is 46.7 Å². The Balaban J connectivity index is 1.45. The number of carbonyl (C=O) groups excluding carboxylic acids is 1. The number of hydrogen-bond acceptors (Lipinski definition) is 8. The summed E-state index contributed by atoms with van der Waals surface area (Å²) in [6.45, 7) is -0.399. The second kappa shape index (κ2) is 10.1. The summed E-state index contributed by atoms with van der Waals surface area (Å²) in [7, 11) is 1.84. The van der Waals surface area contributed by atoms with E-state index in [1.54, 1.807) is 18.2 Å². The van der Waals surface area contributed by atoms with Crippen molar-refractivity contribution in [1.82, 2.24) is 29.9 Å². The van der Waals surface area contributed by atoms with Gasteiger partial charge in [-0.15, -0.1) is 11.3 Å². The van der Waals surface area contributed by atoms with Crippen LogP contribution in [0.4, 0.5) is 23.2 Å². The van der Waals surface area contributed by atoms with Crippen molar-refractivity contribution in [1.29, 1.82) is 0 Å². The number of likely N-dealkylation sites (tertiary alicyclic amines) is 1. The highest BCUT2D eigenvalue weighted by atomic mass is 32.1. The lowest BCUT2D eigenvalue weighted by Crippen LogP contribution is -2.46. The summed E-state index contributed by atoms with van der Waals surface area (Å²) in [4.78, 5) is 22.5. The van der Waals surface area contributed by atoms with Crippen LogP contribution in [0.2, 0.25) is 0 Å². The number of aromatic nitrogens is 4. The first-order valence-electron chi connectivity index (χ1n) is 11.5. The SMILES string of the molecule is CN1CC[C@@H](Nc2cccc3c2cc(-c2noc(CNC(=O)c4cncs4)n2)n3CC(F)(F)F)[C@@H](F)C1. The second-order valence-electron chi connectivity index (χ2n) is 8.85. The zero-order chi connectivity index (χ0) is 26.2. The van der Waals surface area contributed by atoms with Crippen molar-refractivity contribution >= 4 is 33.8 Å². The number of halogens is 4. The Labute approximate surface area is 212 Å². The van der Waals surface area contributed by atoms with Crippen molar-refractivity contribution in [3.63, 3.8) is 0 Å². The molecule has 37 heavy (non-hydrogen) atoms. The fourth-order valence-electron chi connectivity index (χ4n) is 4.37. The molecule has 1 amide bonds.